The Morgan fingerprint density at radius 3 is 2.62 bits per heavy atom. The molecule has 2 fully saturated rings. The van der Waals surface area contributed by atoms with Gasteiger partial charge in [-0.2, -0.15) is 5.10 Å². The van der Waals surface area contributed by atoms with E-state index in [2.05, 4.69) is 25.6 Å². The highest BCUT2D eigenvalue weighted by Gasteiger charge is 2.44. The third-order valence-electron chi connectivity index (χ3n) is 4.53. The maximum atomic E-state index is 12.5. The Kier molecular flexibility index (Phi) is 6.63. The van der Waals surface area contributed by atoms with Crippen molar-refractivity contribution < 1.29 is 28.7 Å². The van der Waals surface area contributed by atoms with Crippen molar-refractivity contribution in [1.29, 1.82) is 0 Å². The van der Waals surface area contributed by atoms with Crippen LogP contribution in [0.15, 0.2) is 39.4 Å². The van der Waals surface area contributed by atoms with Crippen LogP contribution in [0.1, 0.15) is 25.0 Å². The largest absolute Gasteiger partial charge is 0.496 e. The number of nitrogens with zero attached hydrogens (tertiary/aromatic N) is 3. The van der Waals surface area contributed by atoms with Crippen LogP contribution >= 0.6 is 11.8 Å². The van der Waals surface area contributed by atoms with Gasteiger partial charge in [0.15, 0.2) is 5.17 Å². The minimum atomic E-state index is -0.968. The number of nitrogens with one attached hydrogen (secondary N) is 2. The number of hydrogen-bond acceptors (Lipinski definition) is 9. The van der Waals surface area contributed by atoms with Gasteiger partial charge in [0, 0.05) is 11.6 Å². The van der Waals surface area contributed by atoms with Crippen molar-refractivity contribution in [3.63, 3.8) is 0 Å². The van der Waals surface area contributed by atoms with Crippen molar-refractivity contribution in [2.24, 2.45) is 10.2 Å². The second kappa shape index (κ2) is 9.22. The predicted octanol–water partition coefficient (Wildman–Crippen LogP) is 1.14. The van der Waals surface area contributed by atoms with E-state index in [0.717, 1.165) is 22.7 Å². The normalized spacial score (nSPS) is 20.2. The van der Waals surface area contributed by atoms with Crippen LogP contribution in [0.25, 0.3) is 0 Å². The molecule has 0 bridgehead atoms. The zero-order chi connectivity index (χ0) is 23.5. The number of thioether (sulfide) groups is 1. The fraction of sp³-hybridized carbons (Fsp3) is 0.300. The van der Waals surface area contributed by atoms with Gasteiger partial charge in [-0.25, -0.2) is 9.59 Å². The van der Waals surface area contributed by atoms with Crippen LogP contribution in [-0.2, 0) is 25.7 Å². The molecule has 0 aromatic heterocycles. The van der Waals surface area contributed by atoms with Crippen molar-refractivity contribution in [2.45, 2.75) is 25.9 Å². The summed E-state index contributed by atoms with van der Waals surface area (Å²) in [4.78, 5) is 49.0. The molecular weight excluding hydrogens is 438 g/mol. The first-order chi connectivity index (χ1) is 15.1. The molecule has 0 saturated carbocycles. The molecule has 1 aromatic carbocycles. The molecular formula is C20H21N5O6S. The number of hydrogen-bond donors (Lipinski definition) is 2. The SMILES string of the molecule is COC(=O)/C=C1/S/C(=N\N=Cc2ccc(OC)c(CN3C(=O)NC(C)(C)C3=O)c2)NC1=O. The monoisotopic (exact) mass is 459 g/mol. The van der Waals surface area contributed by atoms with Crippen LogP contribution in [0.3, 0.4) is 0 Å². The number of urea groups is 1. The zero-order valence-electron chi connectivity index (χ0n) is 17.8. The lowest BCUT2D eigenvalue weighted by molar-refractivity contribution is -0.135. The van der Waals surface area contributed by atoms with E-state index in [0.29, 0.717) is 16.9 Å². The van der Waals surface area contributed by atoms with Crippen LogP contribution in [-0.4, -0.2) is 59.9 Å². The number of ether oxygens (including phenoxy) is 2. The van der Waals surface area contributed by atoms with Crippen molar-refractivity contribution in [3.8, 4) is 5.75 Å². The lowest BCUT2D eigenvalue weighted by Gasteiger charge is -2.17. The number of amidine groups is 1. The molecule has 0 aliphatic carbocycles. The zero-order valence-corrected chi connectivity index (χ0v) is 18.6. The number of rotatable bonds is 6. The molecule has 168 valence electrons. The minimum Gasteiger partial charge on any atom is -0.496 e. The molecule has 0 unspecified atom stereocenters. The third kappa shape index (κ3) is 4.97. The topological polar surface area (TPSA) is 139 Å². The average molecular weight is 459 g/mol. The Labute approximate surface area is 187 Å². The second-order valence-electron chi connectivity index (χ2n) is 7.26. The highest BCUT2D eigenvalue weighted by atomic mass is 32.2. The van der Waals surface area contributed by atoms with Gasteiger partial charge in [-0.05, 0) is 49.4 Å². The molecule has 2 aliphatic heterocycles. The first kappa shape index (κ1) is 23.0. The minimum absolute atomic E-state index is 0.0288. The smallest absolute Gasteiger partial charge is 0.331 e. The summed E-state index contributed by atoms with van der Waals surface area (Å²) in [7, 11) is 2.71. The summed E-state index contributed by atoms with van der Waals surface area (Å²) in [5, 5.41) is 13.2. The number of esters is 1. The van der Waals surface area contributed by atoms with E-state index in [1.54, 1.807) is 32.0 Å². The number of benzene rings is 1. The van der Waals surface area contributed by atoms with Crippen LogP contribution in [0.2, 0.25) is 0 Å². The first-order valence-corrected chi connectivity index (χ1v) is 10.2. The second-order valence-corrected chi connectivity index (χ2v) is 8.29. The van der Waals surface area contributed by atoms with Crippen molar-refractivity contribution in [2.75, 3.05) is 14.2 Å². The van der Waals surface area contributed by atoms with E-state index in [1.807, 2.05) is 0 Å². The Morgan fingerprint density at radius 2 is 2.00 bits per heavy atom. The number of carbonyl (C=O) groups excluding carboxylic acids is 4. The Hall–Kier alpha value is -3.67. The van der Waals surface area contributed by atoms with E-state index < -0.39 is 23.4 Å². The fourth-order valence-electron chi connectivity index (χ4n) is 2.92. The summed E-state index contributed by atoms with van der Waals surface area (Å²) in [6, 6.07) is 4.66. The summed E-state index contributed by atoms with van der Waals surface area (Å²) in [5.74, 6) is -0.945. The van der Waals surface area contributed by atoms with E-state index in [9.17, 15) is 19.2 Å². The van der Waals surface area contributed by atoms with Gasteiger partial charge in [-0.3, -0.25) is 19.8 Å². The van der Waals surface area contributed by atoms with Crippen molar-refractivity contribution in [3.05, 3.63) is 40.3 Å². The fourth-order valence-corrected chi connectivity index (χ4v) is 3.66. The van der Waals surface area contributed by atoms with Gasteiger partial charge in [0.2, 0.25) is 0 Å². The van der Waals surface area contributed by atoms with Crippen LogP contribution < -0.4 is 15.4 Å². The van der Waals surface area contributed by atoms with Crippen LogP contribution in [0.5, 0.6) is 5.75 Å². The molecule has 11 nitrogen and oxygen atoms in total. The van der Waals surface area contributed by atoms with Gasteiger partial charge in [0.25, 0.3) is 11.8 Å². The molecule has 2 saturated heterocycles. The summed E-state index contributed by atoms with van der Waals surface area (Å²) >= 11 is 0.956. The molecule has 0 spiro atoms. The molecule has 32 heavy (non-hydrogen) atoms. The van der Waals surface area contributed by atoms with E-state index >= 15 is 0 Å². The van der Waals surface area contributed by atoms with Gasteiger partial charge in [0.1, 0.15) is 11.3 Å². The van der Waals surface area contributed by atoms with Crippen molar-refractivity contribution >= 4 is 47.0 Å². The molecule has 2 aliphatic rings. The lowest BCUT2D eigenvalue weighted by Crippen LogP contribution is -2.40. The molecule has 1 aromatic rings. The van der Waals surface area contributed by atoms with E-state index in [4.69, 9.17) is 4.74 Å². The highest BCUT2D eigenvalue weighted by Crippen LogP contribution is 2.26. The summed E-state index contributed by atoms with van der Waals surface area (Å²) in [6.45, 7) is 3.30. The van der Waals surface area contributed by atoms with Gasteiger partial charge in [-0.15, -0.1) is 5.10 Å². The molecule has 0 atom stereocenters. The highest BCUT2D eigenvalue weighted by molar-refractivity contribution is 8.18. The molecule has 2 heterocycles. The van der Waals surface area contributed by atoms with E-state index in [1.165, 1.54) is 20.4 Å². The average Bonchev–Trinajstić information content (AvgIpc) is 3.18. The van der Waals surface area contributed by atoms with Crippen LogP contribution in [0, 0.1) is 0 Å². The summed E-state index contributed by atoms with van der Waals surface area (Å²) in [6.07, 6.45) is 2.51. The van der Waals surface area contributed by atoms with E-state index in [-0.39, 0.29) is 22.5 Å². The third-order valence-corrected chi connectivity index (χ3v) is 5.43. The molecule has 3 rings (SSSR count). The summed E-state index contributed by atoms with van der Waals surface area (Å²) in [5.41, 5.74) is 0.276. The Bertz CT molecular complexity index is 1080. The van der Waals surface area contributed by atoms with Gasteiger partial charge in [0.05, 0.1) is 31.9 Å². The molecule has 12 heteroatoms. The Morgan fingerprint density at radius 1 is 1.25 bits per heavy atom. The summed E-state index contributed by atoms with van der Waals surface area (Å²) < 4.78 is 9.85. The van der Waals surface area contributed by atoms with Crippen molar-refractivity contribution in [1.82, 2.24) is 15.5 Å². The van der Waals surface area contributed by atoms with Gasteiger partial charge >= 0.3 is 12.0 Å². The lowest BCUT2D eigenvalue weighted by atomic mass is 10.1. The number of imide groups is 1. The first-order valence-electron chi connectivity index (χ1n) is 9.35. The van der Waals surface area contributed by atoms with Gasteiger partial charge < -0.3 is 14.8 Å². The number of amides is 4. The standard InChI is InChI=1S/C20H21N5O6S/c1-20(2)17(28)25(19(29)23-20)10-12-7-11(5-6-13(12)30-3)9-21-24-18-22-16(27)14(32-18)8-15(26)31-4/h5-9H,10H2,1-4H3,(H,23,29)(H,22,24,27)/b14-8+,21-9?. The Balaban J connectivity index is 1.75. The quantitative estimate of drug-likeness (QED) is 0.214. The molecule has 2 N–H and O–H groups in total. The number of carbonyl (C=O) groups is 4. The maximum Gasteiger partial charge on any atom is 0.331 e. The maximum absolute atomic E-state index is 12.5. The molecule has 4 amide bonds. The van der Waals surface area contributed by atoms with Crippen LogP contribution in [0.4, 0.5) is 4.79 Å². The van der Waals surface area contributed by atoms with Gasteiger partial charge in [-0.1, -0.05) is 0 Å². The number of methoxy groups -OCH3 is 2. The molecule has 0 radical (unpaired) electrons. The predicted molar refractivity (Wildman–Crippen MR) is 117 cm³/mol.